The number of sulfonamides is 1. The summed E-state index contributed by atoms with van der Waals surface area (Å²) in [6.07, 6.45) is 3.82. The van der Waals surface area contributed by atoms with Crippen LogP contribution in [0.2, 0.25) is 0 Å². The molecule has 2 heterocycles. The minimum Gasteiger partial charge on any atom is -0.310 e. The fourth-order valence-electron chi connectivity index (χ4n) is 2.05. The van der Waals surface area contributed by atoms with Crippen molar-refractivity contribution >= 4 is 21.8 Å². The number of aromatic amines is 1. The Morgan fingerprint density at radius 1 is 1.55 bits per heavy atom. The van der Waals surface area contributed by atoms with E-state index in [9.17, 15) is 8.42 Å². The molecule has 0 aliphatic carbocycles. The van der Waals surface area contributed by atoms with Crippen LogP contribution in [0.15, 0.2) is 11.2 Å². The van der Waals surface area contributed by atoms with Crippen molar-refractivity contribution in [1.29, 1.82) is 0 Å². The maximum absolute atomic E-state index is 12.3. The van der Waals surface area contributed by atoms with Crippen molar-refractivity contribution in [3.63, 3.8) is 0 Å². The lowest BCUT2D eigenvalue weighted by Crippen LogP contribution is -2.31. The lowest BCUT2D eigenvalue weighted by molar-refractivity contribution is 0.563. The fourth-order valence-corrected chi connectivity index (χ4v) is 4.57. The Morgan fingerprint density at radius 3 is 3.00 bits per heavy atom. The molecule has 0 bridgehead atoms. The van der Waals surface area contributed by atoms with Crippen molar-refractivity contribution in [2.75, 3.05) is 12.3 Å². The zero-order valence-corrected chi connectivity index (χ0v) is 13.5. The smallest absolute Gasteiger partial charge is 0.257 e. The minimum atomic E-state index is -3.50. The van der Waals surface area contributed by atoms with Crippen molar-refractivity contribution in [3.05, 3.63) is 11.8 Å². The standard InChI is InChI=1S/C12H22N4O2S2/c1-9(2)13-6-10-7-14-16-12(10)20(17,18)15-8-11-4-3-5-19-11/h7,9,11,13,15H,3-6,8H2,1-2H3,(H,14,16). The van der Waals surface area contributed by atoms with Gasteiger partial charge in [-0.25, -0.2) is 13.1 Å². The zero-order valence-electron chi connectivity index (χ0n) is 11.8. The summed E-state index contributed by atoms with van der Waals surface area (Å²) in [4.78, 5) is 0. The van der Waals surface area contributed by atoms with E-state index in [0.29, 0.717) is 29.9 Å². The molecule has 8 heteroatoms. The molecule has 2 rings (SSSR count). The lowest BCUT2D eigenvalue weighted by atomic mass is 10.2. The summed E-state index contributed by atoms with van der Waals surface area (Å²) in [7, 11) is -3.50. The van der Waals surface area contributed by atoms with Gasteiger partial charge in [-0.2, -0.15) is 16.9 Å². The number of hydrogen-bond donors (Lipinski definition) is 3. The van der Waals surface area contributed by atoms with Crippen molar-refractivity contribution in [2.24, 2.45) is 0 Å². The van der Waals surface area contributed by atoms with Gasteiger partial charge in [0, 0.05) is 29.9 Å². The molecule has 3 N–H and O–H groups in total. The SMILES string of the molecule is CC(C)NCc1cn[nH]c1S(=O)(=O)NCC1CCCS1. The van der Waals surface area contributed by atoms with Gasteiger partial charge in [-0.3, -0.25) is 5.10 Å². The van der Waals surface area contributed by atoms with Crippen LogP contribution in [0.1, 0.15) is 32.3 Å². The number of nitrogens with zero attached hydrogens (tertiary/aromatic N) is 1. The Hall–Kier alpha value is -0.570. The molecule has 1 aliphatic heterocycles. The van der Waals surface area contributed by atoms with Crippen molar-refractivity contribution in [2.45, 2.75) is 49.6 Å². The van der Waals surface area contributed by atoms with Gasteiger partial charge in [0.2, 0.25) is 0 Å². The minimum absolute atomic E-state index is 0.175. The molecule has 114 valence electrons. The van der Waals surface area contributed by atoms with E-state index in [-0.39, 0.29) is 5.03 Å². The van der Waals surface area contributed by atoms with E-state index in [1.54, 1.807) is 6.20 Å². The first-order valence-electron chi connectivity index (χ1n) is 6.86. The van der Waals surface area contributed by atoms with Crippen LogP contribution in [0.4, 0.5) is 0 Å². The molecule has 20 heavy (non-hydrogen) atoms. The predicted molar refractivity (Wildman–Crippen MR) is 81.2 cm³/mol. The molecule has 1 aromatic rings. The second kappa shape index (κ2) is 6.93. The molecular weight excluding hydrogens is 296 g/mol. The van der Waals surface area contributed by atoms with Crippen molar-refractivity contribution in [3.8, 4) is 0 Å². The molecule has 1 aromatic heterocycles. The molecule has 0 spiro atoms. The van der Waals surface area contributed by atoms with Gasteiger partial charge in [0.05, 0.1) is 6.20 Å². The highest BCUT2D eigenvalue weighted by Gasteiger charge is 2.23. The molecular formula is C12H22N4O2S2. The lowest BCUT2D eigenvalue weighted by Gasteiger charge is -2.12. The third-order valence-electron chi connectivity index (χ3n) is 3.17. The quantitative estimate of drug-likeness (QED) is 0.700. The van der Waals surface area contributed by atoms with Gasteiger partial charge in [0.25, 0.3) is 10.0 Å². The Labute approximate surface area is 124 Å². The highest BCUT2D eigenvalue weighted by Crippen LogP contribution is 2.25. The van der Waals surface area contributed by atoms with E-state index in [1.807, 2.05) is 25.6 Å². The Balaban J connectivity index is 1.99. The van der Waals surface area contributed by atoms with E-state index in [0.717, 1.165) is 12.2 Å². The number of H-pyrrole nitrogens is 1. The van der Waals surface area contributed by atoms with Gasteiger partial charge in [-0.15, -0.1) is 0 Å². The van der Waals surface area contributed by atoms with Crippen LogP contribution in [0.5, 0.6) is 0 Å². The number of rotatable bonds is 7. The Bertz CT molecular complexity index is 521. The van der Waals surface area contributed by atoms with Gasteiger partial charge >= 0.3 is 0 Å². The van der Waals surface area contributed by atoms with Crippen LogP contribution in [-0.2, 0) is 16.6 Å². The third kappa shape index (κ3) is 4.21. The van der Waals surface area contributed by atoms with Gasteiger partial charge in [-0.1, -0.05) is 13.8 Å². The predicted octanol–water partition coefficient (Wildman–Crippen LogP) is 1.08. The average molecular weight is 318 g/mol. The van der Waals surface area contributed by atoms with E-state index in [4.69, 9.17) is 0 Å². The normalized spacial score (nSPS) is 19.9. The molecule has 1 unspecified atom stereocenters. The summed E-state index contributed by atoms with van der Waals surface area (Å²) in [5.41, 5.74) is 0.672. The highest BCUT2D eigenvalue weighted by molar-refractivity contribution is 8.00. The Morgan fingerprint density at radius 2 is 2.35 bits per heavy atom. The molecule has 0 amide bonds. The largest absolute Gasteiger partial charge is 0.310 e. The first-order valence-corrected chi connectivity index (χ1v) is 9.39. The number of thioether (sulfide) groups is 1. The first-order chi connectivity index (χ1) is 9.49. The Kier molecular flexibility index (Phi) is 5.48. The average Bonchev–Trinajstić information content (AvgIpc) is 3.05. The van der Waals surface area contributed by atoms with Crippen LogP contribution in [0.3, 0.4) is 0 Å². The molecule has 0 saturated carbocycles. The molecule has 1 fully saturated rings. The van der Waals surface area contributed by atoms with Crippen molar-refractivity contribution in [1.82, 2.24) is 20.2 Å². The molecule has 0 radical (unpaired) electrons. The summed E-state index contributed by atoms with van der Waals surface area (Å²) in [5.74, 6) is 1.13. The van der Waals surface area contributed by atoms with E-state index < -0.39 is 10.0 Å². The molecule has 0 aromatic carbocycles. The highest BCUT2D eigenvalue weighted by atomic mass is 32.2. The summed E-state index contributed by atoms with van der Waals surface area (Å²) in [5, 5.41) is 10.2. The van der Waals surface area contributed by atoms with Crippen LogP contribution in [0, 0.1) is 0 Å². The molecule has 6 nitrogen and oxygen atoms in total. The summed E-state index contributed by atoms with van der Waals surface area (Å²) in [6, 6.07) is 0.295. The monoisotopic (exact) mass is 318 g/mol. The van der Waals surface area contributed by atoms with Crippen LogP contribution in [0.25, 0.3) is 0 Å². The second-order valence-electron chi connectivity index (χ2n) is 5.25. The summed E-state index contributed by atoms with van der Waals surface area (Å²) >= 11 is 1.83. The van der Waals surface area contributed by atoms with E-state index >= 15 is 0 Å². The molecule has 1 aliphatic rings. The van der Waals surface area contributed by atoms with E-state index in [1.165, 1.54) is 6.42 Å². The van der Waals surface area contributed by atoms with E-state index in [2.05, 4.69) is 20.2 Å². The van der Waals surface area contributed by atoms with Gasteiger partial charge in [-0.05, 0) is 18.6 Å². The number of hydrogen-bond acceptors (Lipinski definition) is 5. The first kappa shape index (κ1) is 15.8. The maximum Gasteiger partial charge on any atom is 0.257 e. The molecule has 1 saturated heterocycles. The topological polar surface area (TPSA) is 86.9 Å². The summed E-state index contributed by atoms with van der Waals surface area (Å²) < 4.78 is 27.3. The van der Waals surface area contributed by atoms with Gasteiger partial charge in [0.1, 0.15) is 0 Å². The summed E-state index contributed by atoms with van der Waals surface area (Å²) in [6.45, 7) is 5.01. The van der Waals surface area contributed by atoms with Gasteiger partial charge in [0.15, 0.2) is 5.03 Å². The second-order valence-corrected chi connectivity index (χ2v) is 8.36. The number of nitrogens with one attached hydrogen (secondary N) is 3. The molecule has 1 atom stereocenters. The van der Waals surface area contributed by atoms with Crippen LogP contribution < -0.4 is 10.0 Å². The maximum atomic E-state index is 12.3. The van der Waals surface area contributed by atoms with Crippen LogP contribution >= 0.6 is 11.8 Å². The van der Waals surface area contributed by atoms with Gasteiger partial charge < -0.3 is 5.32 Å². The van der Waals surface area contributed by atoms with Crippen molar-refractivity contribution < 1.29 is 8.42 Å². The third-order valence-corrected chi connectivity index (χ3v) is 6.01. The fraction of sp³-hybridized carbons (Fsp3) is 0.750. The zero-order chi connectivity index (χ0) is 14.6. The number of aromatic nitrogens is 2. The van der Waals surface area contributed by atoms with Crippen LogP contribution in [-0.4, -0.2) is 42.2 Å².